The van der Waals surface area contributed by atoms with Crippen LogP contribution in [0.3, 0.4) is 0 Å². The van der Waals surface area contributed by atoms with E-state index in [1.165, 1.54) is 10.6 Å². The highest BCUT2D eigenvalue weighted by Crippen LogP contribution is 2.20. The van der Waals surface area contributed by atoms with E-state index in [4.69, 9.17) is 16.3 Å². The van der Waals surface area contributed by atoms with Crippen LogP contribution in [0.15, 0.2) is 16.7 Å². The SMILES string of the molecule is CC(C)OC(=O)c1cc(Cl)n2ncc(Br)c2n1. The second-order valence-electron chi connectivity index (χ2n) is 3.65. The van der Waals surface area contributed by atoms with Crippen LogP contribution < -0.4 is 0 Å². The number of esters is 1. The summed E-state index contributed by atoms with van der Waals surface area (Å²) in [5.41, 5.74) is 0.644. The molecule has 2 aromatic rings. The summed E-state index contributed by atoms with van der Waals surface area (Å²) >= 11 is 9.27. The molecule has 0 saturated carbocycles. The predicted octanol–water partition coefficient (Wildman–Crippen LogP) is 2.71. The van der Waals surface area contributed by atoms with Gasteiger partial charge in [0.15, 0.2) is 11.3 Å². The van der Waals surface area contributed by atoms with E-state index in [9.17, 15) is 4.79 Å². The van der Waals surface area contributed by atoms with Crippen molar-refractivity contribution in [3.63, 3.8) is 0 Å². The highest BCUT2D eigenvalue weighted by Gasteiger charge is 2.15. The summed E-state index contributed by atoms with van der Waals surface area (Å²) in [6, 6.07) is 1.43. The average molecular weight is 319 g/mol. The van der Waals surface area contributed by atoms with E-state index in [-0.39, 0.29) is 11.8 Å². The van der Waals surface area contributed by atoms with Crippen molar-refractivity contribution in [2.75, 3.05) is 0 Å². The molecule has 17 heavy (non-hydrogen) atoms. The zero-order valence-corrected chi connectivity index (χ0v) is 11.5. The number of aromatic nitrogens is 3. The lowest BCUT2D eigenvalue weighted by Gasteiger charge is -2.07. The standard InChI is InChI=1S/C10H9BrClN3O2/c1-5(2)17-10(16)7-3-8(12)15-9(14-7)6(11)4-13-15/h3-5H,1-2H3. The van der Waals surface area contributed by atoms with E-state index in [2.05, 4.69) is 26.0 Å². The first-order valence-electron chi connectivity index (χ1n) is 4.90. The molecule has 5 nitrogen and oxygen atoms in total. The lowest BCUT2D eigenvalue weighted by molar-refractivity contribution is 0.0371. The first kappa shape index (κ1) is 12.3. The number of halogens is 2. The Kier molecular flexibility index (Phi) is 3.35. The van der Waals surface area contributed by atoms with Crippen LogP contribution in [-0.2, 0) is 4.74 Å². The van der Waals surface area contributed by atoms with Gasteiger partial charge in [-0.3, -0.25) is 0 Å². The van der Waals surface area contributed by atoms with Gasteiger partial charge in [0.2, 0.25) is 0 Å². The fourth-order valence-corrected chi connectivity index (χ4v) is 1.85. The van der Waals surface area contributed by atoms with E-state index in [1.807, 2.05) is 0 Å². The molecule has 0 unspecified atom stereocenters. The molecule has 2 aromatic heterocycles. The highest BCUT2D eigenvalue weighted by molar-refractivity contribution is 9.10. The summed E-state index contributed by atoms with van der Waals surface area (Å²) in [7, 11) is 0. The van der Waals surface area contributed by atoms with Crippen molar-refractivity contribution in [2.24, 2.45) is 0 Å². The molecule has 0 amide bonds. The van der Waals surface area contributed by atoms with Crippen molar-refractivity contribution in [1.82, 2.24) is 14.6 Å². The number of rotatable bonds is 2. The molecular formula is C10H9BrClN3O2. The summed E-state index contributed by atoms with van der Waals surface area (Å²) in [6.07, 6.45) is 1.36. The van der Waals surface area contributed by atoms with E-state index >= 15 is 0 Å². The van der Waals surface area contributed by atoms with Gasteiger partial charge >= 0.3 is 5.97 Å². The Labute approximate surface area is 111 Å². The Morgan fingerprint density at radius 1 is 1.59 bits per heavy atom. The minimum atomic E-state index is -0.502. The summed E-state index contributed by atoms with van der Waals surface area (Å²) in [4.78, 5) is 15.8. The van der Waals surface area contributed by atoms with Gasteiger partial charge in [-0.05, 0) is 29.8 Å². The molecular weight excluding hydrogens is 309 g/mol. The van der Waals surface area contributed by atoms with Gasteiger partial charge < -0.3 is 4.74 Å². The molecule has 0 spiro atoms. The monoisotopic (exact) mass is 317 g/mol. The molecule has 0 bridgehead atoms. The summed E-state index contributed by atoms with van der Waals surface area (Å²) < 4.78 is 7.15. The maximum atomic E-state index is 11.7. The van der Waals surface area contributed by atoms with Gasteiger partial charge in [0.1, 0.15) is 5.15 Å². The van der Waals surface area contributed by atoms with Crippen LogP contribution in [0.25, 0.3) is 5.65 Å². The molecule has 0 aromatic carbocycles. The Bertz CT molecular complexity index is 582. The molecule has 0 saturated heterocycles. The lowest BCUT2D eigenvalue weighted by Crippen LogP contribution is -2.14. The zero-order valence-electron chi connectivity index (χ0n) is 9.15. The van der Waals surface area contributed by atoms with Gasteiger partial charge in [0.25, 0.3) is 0 Å². The highest BCUT2D eigenvalue weighted by atomic mass is 79.9. The van der Waals surface area contributed by atoms with Crippen molar-refractivity contribution in [2.45, 2.75) is 20.0 Å². The lowest BCUT2D eigenvalue weighted by atomic mass is 10.4. The molecule has 90 valence electrons. The van der Waals surface area contributed by atoms with E-state index in [1.54, 1.807) is 20.0 Å². The zero-order chi connectivity index (χ0) is 12.6. The number of carbonyl (C=O) groups is 1. The molecule has 0 fully saturated rings. The molecule has 2 rings (SSSR count). The third-order valence-corrected chi connectivity index (χ3v) is 2.77. The first-order valence-corrected chi connectivity index (χ1v) is 6.07. The van der Waals surface area contributed by atoms with Crippen LogP contribution >= 0.6 is 27.5 Å². The van der Waals surface area contributed by atoms with Gasteiger partial charge in [-0.2, -0.15) is 5.10 Å². The summed E-state index contributed by atoms with van der Waals surface area (Å²) in [6.45, 7) is 3.54. The van der Waals surface area contributed by atoms with Crippen molar-refractivity contribution >= 4 is 39.1 Å². The minimum absolute atomic E-state index is 0.164. The Balaban J connectivity index is 2.49. The molecule has 0 aliphatic carbocycles. The topological polar surface area (TPSA) is 56.5 Å². The maximum Gasteiger partial charge on any atom is 0.357 e. The minimum Gasteiger partial charge on any atom is -0.458 e. The third kappa shape index (κ3) is 2.42. The van der Waals surface area contributed by atoms with E-state index in [0.717, 1.165) is 0 Å². The van der Waals surface area contributed by atoms with Crippen LogP contribution in [0.1, 0.15) is 24.3 Å². The quantitative estimate of drug-likeness (QED) is 0.631. The fourth-order valence-electron chi connectivity index (χ4n) is 1.28. The van der Waals surface area contributed by atoms with Gasteiger partial charge in [0, 0.05) is 6.07 Å². The Morgan fingerprint density at radius 2 is 2.29 bits per heavy atom. The van der Waals surface area contributed by atoms with Crippen molar-refractivity contribution in [1.29, 1.82) is 0 Å². The van der Waals surface area contributed by atoms with Gasteiger partial charge in [-0.15, -0.1) is 0 Å². The maximum absolute atomic E-state index is 11.7. The normalized spacial score (nSPS) is 11.1. The van der Waals surface area contributed by atoms with Crippen molar-refractivity contribution < 1.29 is 9.53 Å². The number of nitrogens with zero attached hydrogens (tertiary/aromatic N) is 3. The molecule has 0 radical (unpaired) electrons. The molecule has 2 heterocycles. The van der Waals surface area contributed by atoms with E-state index in [0.29, 0.717) is 15.3 Å². The van der Waals surface area contributed by atoms with Crippen LogP contribution in [0.5, 0.6) is 0 Å². The van der Waals surface area contributed by atoms with Crippen LogP contribution in [0, 0.1) is 0 Å². The summed E-state index contributed by atoms with van der Waals surface area (Å²) in [5, 5.41) is 4.30. The van der Waals surface area contributed by atoms with Crippen LogP contribution in [-0.4, -0.2) is 26.7 Å². The molecule has 7 heteroatoms. The first-order chi connectivity index (χ1) is 7.99. The Hall–Kier alpha value is -1.14. The van der Waals surface area contributed by atoms with Gasteiger partial charge in [-0.25, -0.2) is 14.3 Å². The van der Waals surface area contributed by atoms with Crippen LogP contribution in [0.4, 0.5) is 0 Å². The van der Waals surface area contributed by atoms with Crippen molar-refractivity contribution in [3.8, 4) is 0 Å². The fraction of sp³-hybridized carbons (Fsp3) is 0.300. The number of hydrogen-bond acceptors (Lipinski definition) is 4. The van der Waals surface area contributed by atoms with Gasteiger partial charge in [-0.1, -0.05) is 11.6 Å². The number of ether oxygens (including phenoxy) is 1. The molecule has 0 aliphatic heterocycles. The van der Waals surface area contributed by atoms with Gasteiger partial charge in [0.05, 0.1) is 16.8 Å². The van der Waals surface area contributed by atoms with Crippen molar-refractivity contribution in [3.05, 3.63) is 27.6 Å². The van der Waals surface area contributed by atoms with E-state index < -0.39 is 5.97 Å². The number of carbonyl (C=O) groups excluding carboxylic acids is 1. The largest absolute Gasteiger partial charge is 0.458 e. The third-order valence-electron chi connectivity index (χ3n) is 1.94. The number of fused-ring (bicyclic) bond motifs is 1. The molecule has 0 atom stereocenters. The second-order valence-corrected chi connectivity index (χ2v) is 4.89. The van der Waals surface area contributed by atoms with Crippen LogP contribution in [0.2, 0.25) is 5.15 Å². The Morgan fingerprint density at radius 3 is 2.94 bits per heavy atom. The molecule has 0 N–H and O–H groups in total. The molecule has 0 aliphatic rings. The summed E-state index contributed by atoms with van der Waals surface area (Å²) in [5.74, 6) is -0.502. The average Bonchev–Trinajstić information content (AvgIpc) is 2.60. The smallest absolute Gasteiger partial charge is 0.357 e. The number of hydrogen-bond donors (Lipinski definition) is 0. The predicted molar refractivity (Wildman–Crippen MR) is 66.2 cm³/mol. The second kappa shape index (κ2) is 4.62.